The van der Waals surface area contributed by atoms with Crippen LogP contribution in [-0.2, 0) is 25.4 Å². The normalized spacial score (nSPS) is 16.7. The molecule has 0 bridgehead atoms. The first kappa shape index (κ1) is 25.3. The number of carbonyl (C=O) groups is 2. The van der Waals surface area contributed by atoms with Gasteiger partial charge in [0.2, 0.25) is 0 Å². The first-order valence-corrected chi connectivity index (χ1v) is 11.0. The van der Waals surface area contributed by atoms with E-state index in [4.69, 9.17) is 24.5 Å². The zero-order valence-electron chi connectivity index (χ0n) is 20.2. The number of hydrogen-bond donors (Lipinski definition) is 2. The van der Waals surface area contributed by atoms with Crippen molar-refractivity contribution in [3.8, 4) is 0 Å². The van der Waals surface area contributed by atoms with Crippen LogP contribution in [0.25, 0.3) is 6.08 Å². The largest absolute Gasteiger partial charge is 0.492 e. The van der Waals surface area contributed by atoms with E-state index in [1.54, 1.807) is 24.3 Å². The van der Waals surface area contributed by atoms with Gasteiger partial charge in [-0.2, -0.15) is 0 Å². The zero-order valence-corrected chi connectivity index (χ0v) is 20.2. The number of methoxy groups -OCH3 is 1. The Bertz CT molecular complexity index is 1050. The average Bonchev–Trinajstić information content (AvgIpc) is 3.02. The van der Waals surface area contributed by atoms with Gasteiger partial charge in [0.25, 0.3) is 0 Å². The number of nitrogens with one attached hydrogen (secondary N) is 1. The molecule has 0 unspecified atom stereocenters. The summed E-state index contributed by atoms with van der Waals surface area (Å²) in [6.45, 7) is 7.98. The Morgan fingerprint density at radius 1 is 1.06 bits per heavy atom. The summed E-state index contributed by atoms with van der Waals surface area (Å²) < 4.78 is 22.6. The lowest BCUT2D eigenvalue weighted by Gasteiger charge is -2.32. The molecule has 1 heterocycles. The summed E-state index contributed by atoms with van der Waals surface area (Å²) in [5.41, 5.74) is 7.46. The van der Waals surface area contributed by atoms with Crippen LogP contribution in [0.1, 0.15) is 49.2 Å². The molecule has 0 saturated carbocycles. The molecular weight excluding hydrogens is 435 g/mol. The van der Waals surface area contributed by atoms with Gasteiger partial charge < -0.3 is 29.8 Å². The molecule has 1 aliphatic rings. The molecule has 180 valence electrons. The van der Waals surface area contributed by atoms with Crippen LogP contribution >= 0.6 is 0 Å². The van der Waals surface area contributed by atoms with Crippen molar-refractivity contribution in [2.45, 2.75) is 45.5 Å². The summed E-state index contributed by atoms with van der Waals surface area (Å²) in [5.74, 6) is -0.526. The average molecular weight is 466 g/mol. The SMILES string of the molecule is COC(=O)c1cc(N)ccc1C=C(CNC(=O)OCc1ccccc1)B1OC(C)(C)C(C)(C)O1. The lowest BCUT2D eigenvalue weighted by atomic mass is 9.76. The minimum absolute atomic E-state index is 0.0788. The van der Waals surface area contributed by atoms with E-state index >= 15 is 0 Å². The van der Waals surface area contributed by atoms with Crippen molar-refractivity contribution in [1.82, 2.24) is 5.32 Å². The highest BCUT2D eigenvalue weighted by molar-refractivity contribution is 6.56. The third-order valence-corrected chi connectivity index (χ3v) is 6.03. The van der Waals surface area contributed by atoms with Gasteiger partial charge in [-0.15, -0.1) is 0 Å². The van der Waals surface area contributed by atoms with Crippen LogP contribution in [0, 0.1) is 0 Å². The number of nitrogen functional groups attached to an aromatic ring is 1. The lowest BCUT2D eigenvalue weighted by Crippen LogP contribution is -2.41. The molecule has 9 heteroatoms. The topological polar surface area (TPSA) is 109 Å². The molecule has 1 saturated heterocycles. The van der Waals surface area contributed by atoms with Gasteiger partial charge in [-0.3, -0.25) is 0 Å². The second kappa shape index (κ2) is 10.3. The van der Waals surface area contributed by atoms with Gasteiger partial charge in [0.05, 0.1) is 23.9 Å². The number of anilines is 1. The van der Waals surface area contributed by atoms with Gasteiger partial charge in [-0.25, -0.2) is 9.59 Å². The number of benzene rings is 2. The highest BCUT2D eigenvalue weighted by Gasteiger charge is 2.52. The van der Waals surface area contributed by atoms with E-state index in [9.17, 15) is 9.59 Å². The Morgan fingerprint density at radius 2 is 1.71 bits per heavy atom. The van der Waals surface area contributed by atoms with E-state index < -0.39 is 30.4 Å². The predicted molar refractivity (Wildman–Crippen MR) is 131 cm³/mol. The lowest BCUT2D eigenvalue weighted by molar-refractivity contribution is 0.00578. The van der Waals surface area contributed by atoms with Crippen LogP contribution in [0.15, 0.2) is 54.0 Å². The highest BCUT2D eigenvalue weighted by Crippen LogP contribution is 2.39. The third-order valence-electron chi connectivity index (χ3n) is 6.03. The first-order valence-electron chi connectivity index (χ1n) is 11.0. The maximum atomic E-state index is 12.4. The van der Waals surface area contributed by atoms with E-state index in [0.29, 0.717) is 22.3 Å². The molecule has 0 aromatic heterocycles. The standard InChI is InChI=1S/C25H31BN2O6/c1-24(2)25(3,4)34-26(33-24)19(13-18-11-12-20(27)14-21(18)22(29)31-5)15-28-23(30)32-16-17-9-7-6-8-10-17/h6-14H,15-16,27H2,1-5H3,(H,28,30). The quantitative estimate of drug-likeness (QED) is 0.361. The second-order valence-corrected chi connectivity index (χ2v) is 9.06. The number of amides is 1. The molecule has 2 aromatic carbocycles. The fourth-order valence-corrected chi connectivity index (χ4v) is 3.33. The number of rotatable bonds is 7. The minimum Gasteiger partial charge on any atom is -0.465 e. The van der Waals surface area contributed by atoms with E-state index in [1.165, 1.54) is 7.11 Å². The number of nitrogens with two attached hydrogens (primary N) is 1. The van der Waals surface area contributed by atoms with Gasteiger partial charge in [-0.1, -0.05) is 42.5 Å². The molecule has 1 aliphatic heterocycles. The van der Waals surface area contributed by atoms with Crippen molar-refractivity contribution in [2.24, 2.45) is 0 Å². The highest BCUT2D eigenvalue weighted by atomic mass is 16.7. The van der Waals surface area contributed by atoms with Crippen molar-refractivity contribution in [3.63, 3.8) is 0 Å². The third kappa shape index (κ3) is 5.98. The molecule has 34 heavy (non-hydrogen) atoms. The minimum atomic E-state index is -0.748. The predicted octanol–water partition coefficient (Wildman–Crippen LogP) is 4.00. The molecule has 1 amide bonds. The fourth-order valence-electron chi connectivity index (χ4n) is 3.33. The summed E-state index contributed by atoms with van der Waals surface area (Å²) in [4.78, 5) is 24.7. The number of alkyl carbamates (subject to hydrolysis) is 1. The monoisotopic (exact) mass is 466 g/mol. The van der Waals surface area contributed by atoms with Crippen molar-refractivity contribution in [3.05, 3.63) is 70.7 Å². The molecule has 2 aromatic rings. The number of esters is 1. The fraction of sp³-hybridized carbons (Fsp3) is 0.360. The van der Waals surface area contributed by atoms with Crippen LogP contribution < -0.4 is 11.1 Å². The number of ether oxygens (including phenoxy) is 2. The van der Waals surface area contributed by atoms with Crippen LogP contribution in [0.2, 0.25) is 0 Å². The molecule has 8 nitrogen and oxygen atoms in total. The van der Waals surface area contributed by atoms with Crippen molar-refractivity contribution in [1.29, 1.82) is 0 Å². The van der Waals surface area contributed by atoms with Crippen molar-refractivity contribution < 1.29 is 28.4 Å². The molecular formula is C25H31BN2O6. The first-order chi connectivity index (χ1) is 16.0. The van der Waals surface area contributed by atoms with Crippen molar-refractivity contribution in [2.75, 3.05) is 19.4 Å². The van der Waals surface area contributed by atoms with Crippen LogP contribution in [0.4, 0.5) is 10.5 Å². The van der Waals surface area contributed by atoms with Crippen LogP contribution in [0.3, 0.4) is 0 Å². The van der Waals surface area contributed by atoms with Gasteiger partial charge in [-0.05, 0) is 56.4 Å². The molecule has 0 atom stereocenters. The second-order valence-electron chi connectivity index (χ2n) is 9.06. The summed E-state index contributed by atoms with van der Waals surface area (Å²) in [6, 6.07) is 14.3. The van der Waals surface area contributed by atoms with E-state index in [1.807, 2.05) is 58.0 Å². The van der Waals surface area contributed by atoms with Crippen molar-refractivity contribution >= 4 is 30.9 Å². The van der Waals surface area contributed by atoms with E-state index in [0.717, 1.165) is 5.56 Å². The van der Waals surface area contributed by atoms with Gasteiger partial charge in [0, 0.05) is 12.2 Å². The number of hydrogen-bond acceptors (Lipinski definition) is 7. The Kier molecular flexibility index (Phi) is 7.69. The Balaban J connectivity index is 1.84. The molecule has 0 radical (unpaired) electrons. The maximum absolute atomic E-state index is 12.4. The zero-order chi connectivity index (χ0) is 24.9. The molecule has 3 N–H and O–H groups in total. The van der Waals surface area contributed by atoms with Gasteiger partial charge >= 0.3 is 19.2 Å². The summed E-state index contributed by atoms with van der Waals surface area (Å²) in [6.07, 6.45) is 1.16. The van der Waals surface area contributed by atoms with Crippen LogP contribution in [-0.4, -0.2) is 44.0 Å². The number of carbonyl (C=O) groups excluding carboxylic acids is 2. The summed E-state index contributed by atoms with van der Waals surface area (Å²) >= 11 is 0. The molecule has 1 fully saturated rings. The Hall–Kier alpha value is -3.30. The Labute approximate surface area is 200 Å². The molecule has 0 aliphatic carbocycles. The van der Waals surface area contributed by atoms with Gasteiger partial charge in [0.1, 0.15) is 6.61 Å². The maximum Gasteiger partial charge on any atom is 0.492 e. The molecule has 3 rings (SSSR count). The smallest absolute Gasteiger partial charge is 0.465 e. The molecule has 0 spiro atoms. The Morgan fingerprint density at radius 3 is 2.32 bits per heavy atom. The van der Waals surface area contributed by atoms with Crippen LogP contribution in [0.5, 0.6) is 0 Å². The van der Waals surface area contributed by atoms with E-state index in [2.05, 4.69) is 5.32 Å². The summed E-state index contributed by atoms with van der Waals surface area (Å²) in [5, 5.41) is 2.75. The van der Waals surface area contributed by atoms with Gasteiger partial charge in [0.15, 0.2) is 0 Å². The van der Waals surface area contributed by atoms with E-state index in [-0.39, 0.29) is 13.2 Å². The summed E-state index contributed by atoms with van der Waals surface area (Å²) in [7, 11) is 0.556.